The number of hydrogen-bond acceptors (Lipinski definition) is 4. The SMILES string of the molecule is Cn1c(-c2ccc(Br)cc2)cnc1NCc1ccc(Cl)c(Cl)c1.O=C(O)C(=O)O. The number of hydrogen-bond donors (Lipinski definition) is 3. The van der Waals surface area contributed by atoms with Gasteiger partial charge in [-0.3, -0.25) is 0 Å². The van der Waals surface area contributed by atoms with E-state index in [-0.39, 0.29) is 0 Å². The van der Waals surface area contributed by atoms with E-state index in [1.807, 2.05) is 42.1 Å². The van der Waals surface area contributed by atoms with Gasteiger partial charge in [-0.1, -0.05) is 57.3 Å². The molecule has 0 radical (unpaired) electrons. The van der Waals surface area contributed by atoms with E-state index in [2.05, 4.69) is 38.4 Å². The van der Waals surface area contributed by atoms with E-state index in [0.717, 1.165) is 27.2 Å². The lowest BCUT2D eigenvalue weighted by atomic mass is 10.2. The Balaban J connectivity index is 0.000000438. The summed E-state index contributed by atoms with van der Waals surface area (Å²) in [6.07, 6.45) is 1.86. The molecule has 1 heterocycles. The van der Waals surface area contributed by atoms with Crippen LogP contribution in [0.5, 0.6) is 0 Å². The quantitative estimate of drug-likeness (QED) is 0.439. The number of carboxylic acid groups (broad SMARTS) is 2. The fraction of sp³-hybridized carbons (Fsp3) is 0.105. The molecule has 0 bridgehead atoms. The van der Waals surface area contributed by atoms with Gasteiger partial charge in [0.15, 0.2) is 0 Å². The Hall–Kier alpha value is -2.55. The van der Waals surface area contributed by atoms with E-state index >= 15 is 0 Å². The van der Waals surface area contributed by atoms with Crippen molar-refractivity contribution in [3.63, 3.8) is 0 Å². The van der Waals surface area contributed by atoms with Crippen LogP contribution in [0.4, 0.5) is 5.95 Å². The van der Waals surface area contributed by atoms with E-state index in [9.17, 15) is 0 Å². The van der Waals surface area contributed by atoms with E-state index in [1.165, 1.54) is 0 Å². The van der Waals surface area contributed by atoms with Crippen molar-refractivity contribution in [2.24, 2.45) is 7.05 Å². The molecule has 3 rings (SSSR count). The number of nitrogens with zero attached hydrogens (tertiary/aromatic N) is 2. The monoisotopic (exact) mass is 499 g/mol. The molecular weight excluding hydrogens is 485 g/mol. The second-order valence-corrected chi connectivity index (χ2v) is 7.48. The van der Waals surface area contributed by atoms with Crippen LogP contribution in [0.1, 0.15) is 5.56 Å². The van der Waals surface area contributed by atoms with Gasteiger partial charge in [0.2, 0.25) is 5.95 Å². The van der Waals surface area contributed by atoms with Gasteiger partial charge in [-0.05, 0) is 35.4 Å². The zero-order valence-corrected chi connectivity index (χ0v) is 18.2. The molecule has 3 aromatic rings. The van der Waals surface area contributed by atoms with E-state index in [4.69, 9.17) is 43.0 Å². The Kier molecular flexibility index (Phi) is 8.07. The molecule has 7 nitrogen and oxygen atoms in total. The topological polar surface area (TPSA) is 104 Å². The predicted octanol–water partition coefficient (Wildman–Crippen LogP) is 4.92. The second-order valence-electron chi connectivity index (χ2n) is 5.75. The van der Waals surface area contributed by atoms with Crippen molar-refractivity contribution in [3.8, 4) is 11.3 Å². The van der Waals surface area contributed by atoms with Crippen LogP contribution < -0.4 is 5.32 Å². The first-order valence-electron chi connectivity index (χ1n) is 8.10. The number of benzene rings is 2. The molecule has 152 valence electrons. The molecule has 0 spiro atoms. The summed E-state index contributed by atoms with van der Waals surface area (Å²) < 4.78 is 3.09. The third-order valence-corrected chi connectivity index (χ3v) is 5.01. The fourth-order valence-corrected chi connectivity index (χ4v) is 2.88. The average molecular weight is 501 g/mol. The fourth-order valence-electron chi connectivity index (χ4n) is 2.29. The van der Waals surface area contributed by atoms with Gasteiger partial charge in [0.1, 0.15) is 0 Å². The molecule has 0 aliphatic heterocycles. The zero-order chi connectivity index (χ0) is 21.6. The number of carboxylic acids is 2. The summed E-state index contributed by atoms with van der Waals surface area (Å²) >= 11 is 15.4. The van der Waals surface area contributed by atoms with Crippen molar-refractivity contribution in [2.45, 2.75) is 6.54 Å². The second kappa shape index (κ2) is 10.3. The van der Waals surface area contributed by atoms with Crippen LogP contribution in [0.15, 0.2) is 53.1 Å². The van der Waals surface area contributed by atoms with Crippen molar-refractivity contribution < 1.29 is 19.8 Å². The Morgan fingerprint density at radius 1 is 1.07 bits per heavy atom. The zero-order valence-electron chi connectivity index (χ0n) is 15.1. The molecular formula is C19H16BrCl2N3O4. The summed E-state index contributed by atoms with van der Waals surface area (Å²) in [6, 6.07) is 13.8. The number of halogens is 3. The van der Waals surface area contributed by atoms with Crippen LogP contribution in [-0.4, -0.2) is 31.7 Å². The van der Waals surface area contributed by atoms with Gasteiger partial charge in [0, 0.05) is 18.1 Å². The summed E-state index contributed by atoms with van der Waals surface area (Å²) in [5.41, 5.74) is 3.22. The molecule has 29 heavy (non-hydrogen) atoms. The number of carbonyl (C=O) groups is 2. The average Bonchev–Trinajstić information content (AvgIpc) is 3.04. The van der Waals surface area contributed by atoms with Gasteiger partial charge in [-0.2, -0.15) is 0 Å². The summed E-state index contributed by atoms with van der Waals surface area (Å²) in [5.74, 6) is -2.85. The van der Waals surface area contributed by atoms with Crippen LogP contribution in [0, 0.1) is 0 Å². The maximum absolute atomic E-state index is 9.10. The van der Waals surface area contributed by atoms with Crippen LogP contribution >= 0.6 is 39.1 Å². The molecule has 0 saturated carbocycles. The van der Waals surface area contributed by atoms with E-state index < -0.39 is 11.9 Å². The minimum absolute atomic E-state index is 0.557. The molecule has 2 aromatic carbocycles. The first-order chi connectivity index (χ1) is 13.7. The lowest BCUT2D eigenvalue weighted by Gasteiger charge is -2.09. The van der Waals surface area contributed by atoms with Crippen molar-refractivity contribution >= 4 is 57.0 Å². The number of rotatable bonds is 4. The van der Waals surface area contributed by atoms with Gasteiger partial charge < -0.3 is 20.1 Å². The first kappa shape index (κ1) is 22.7. The van der Waals surface area contributed by atoms with E-state index in [0.29, 0.717) is 16.6 Å². The number of anilines is 1. The summed E-state index contributed by atoms with van der Waals surface area (Å²) in [6.45, 7) is 0.627. The van der Waals surface area contributed by atoms with Crippen LogP contribution in [0.25, 0.3) is 11.3 Å². The molecule has 0 amide bonds. The van der Waals surface area contributed by atoms with E-state index in [1.54, 1.807) is 6.07 Å². The molecule has 10 heteroatoms. The molecule has 3 N–H and O–H groups in total. The molecule has 0 fully saturated rings. The Morgan fingerprint density at radius 2 is 1.69 bits per heavy atom. The lowest BCUT2D eigenvalue weighted by Crippen LogP contribution is -2.09. The molecule has 0 aliphatic rings. The molecule has 0 aliphatic carbocycles. The Labute approximate surface area is 185 Å². The van der Waals surface area contributed by atoms with Crippen molar-refractivity contribution in [1.29, 1.82) is 0 Å². The highest BCUT2D eigenvalue weighted by Crippen LogP contribution is 2.25. The van der Waals surface area contributed by atoms with Crippen LogP contribution in [-0.2, 0) is 23.2 Å². The minimum Gasteiger partial charge on any atom is -0.473 e. The van der Waals surface area contributed by atoms with Crippen LogP contribution in [0.3, 0.4) is 0 Å². The van der Waals surface area contributed by atoms with Crippen molar-refractivity contribution in [2.75, 3.05) is 5.32 Å². The molecule has 0 unspecified atom stereocenters. The highest BCUT2D eigenvalue weighted by atomic mass is 79.9. The number of nitrogens with one attached hydrogen (secondary N) is 1. The predicted molar refractivity (Wildman–Crippen MR) is 115 cm³/mol. The summed E-state index contributed by atoms with van der Waals surface area (Å²) in [5, 5.41) is 19.2. The summed E-state index contributed by atoms with van der Waals surface area (Å²) in [7, 11) is 1.99. The van der Waals surface area contributed by atoms with Gasteiger partial charge in [0.05, 0.1) is 21.9 Å². The third-order valence-electron chi connectivity index (χ3n) is 3.75. The largest absolute Gasteiger partial charge is 0.473 e. The number of imidazole rings is 1. The first-order valence-corrected chi connectivity index (χ1v) is 9.65. The van der Waals surface area contributed by atoms with Crippen molar-refractivity contribution in [1.82, 2.24) is 9.55 Å². The number of aliphatic carboxylic acids is 2. The Morgan fingerprint density at radius 3 is 2.24 bits per heavy atom. The Bertz CT molecular complexity index is 1010. The maximum atomic E-state index is 9.10. The normalized spacial score (nSPS) is 10.1. The van der Waals surface area contributed by atoms with Gasteiger partial charge in [-0.15, -0.1) is 0 Å². The smallest absolute Gasteiger partial charge is 0.414 e. The molecule has 0 saturated heterocycles. The van der Waals surface area contributed by atoms with Crippen LogP contribution in [0.2, 0.25) is 10.0 Å². The standard InChI is InChI=1S/C17H14BrCl2N3.C2H2O4/c1-23-16(12-3-5-13(18)6-4-12)10-22-17(23)21-9-11-2-7-14(19)15(20)8-11;3-1(4)2(5)6/h2-8,10H,9H2,1H3,(H,21,22);(H,3,4)(H,5,6). The van der Waals surface area contributed by atoms with Gasteiger partial charge in [-0.25, -0.2) is 14.6 Å². The summed E-state index contributed by atoms with van der Waals surface area (Å²) in [4.78, 5) is 22.6. The highest BCUT2D eigenvalue weighted by Gasteiger charge is 2.09. The highest BCUT2D eigenvalue weighted by molar-refractivity contribution is 9.10. The third kappa shape index (κ3) is 6.49. The molecule has 1 aromatic heterocycles. The molecule has 0 atom stereocenters. The van der Waals surface area contributed by atoms with Gasteiger partial charge in [0.25, 0.3) is 0 Å². The minimum atomic E-state index is -1.82. The number of aromatic nitrogens is 2. The van der Waals surface area contributed by atoms with Gasteiger partial charge >= 0.3 is 11.9 Å². The lowest BCUT2D eigenvalue weighted by molar-refractivity contribution is -0.159. The maximum Gasteiger partial charge on any atom is 0.414 e. The van der Waals surface area contributed by atoms with Crippen molar-refractivity contribution in [3.05, 3.63) is 68.7 Å².